The molecule has 8 heteroatoms. The number of ether oxygens (including phenoxy) is 2. The second-order valence-corrected chi connectivity index (χ2v) is 5.49. The van der Waals surface area contributed by atoms with Crippen molar-refractivity contribution >= 4 is 17.5 Å². The number of hydrogen-bond acceptors (Lipinski definition) is 6. The number of nitrogen functional groups attached to an aromatic ring is 1. The molecule has 2 aromatic rings. The van der Waals surface area contributed by atoms with Gasteiger partial charge in [0.05, 0.1) is 14.2 Å². The molecule has 0 saturated carbocycles. The zero-order valence-electron chi connectivity index (χ0n) is 14.2. The summed E-state index contributed by atoms with van der Waals surface area (Å²) in [7, 11) is 2.88. The second-order valence-electron chi connectivity index (χ2n) is 5.49. The van der Waals surface area contributed by atoms with E-state index in [2.05, 4.69) is 10.3 Å². The van der Waals surface area contributed by atoms with Gasteiger partial charge in [0.2, 0.25) is 11.8 Å². The van der Waals surface area contributed by atoms with Crippen molar-refractivity contribution < 1.29 is 19.4 Å². The fourth-order valence-corrected chi connectivity index (χ4v) is 2.25. The molecule has 0 bridgehead atoms. The Balaban J connectivity index is 2.44. The van der Waals surface area contributed by atoms with E-state index in [1.807, 2.05) is 0 Å². The minimum Gasteiger partial charge on any atom is -0.481 e. The van der Waals surface area contributed by atoms with Crippen LogP contribution < -0.4 is 20.5 Å². The molecule has 0 fully saturated rings. The standard InChI is InChI=1S/C17H20N4O4/c1-17(16(22)23,11-8-13(24-2)20-14(9-11)25-3)21-12-6-4-10(5-7-12)15(18)19/h4-9,21H,1-3H3,(H3,18,19)(H,22,23). The highest BCUT2D eigenvalue weighted by molar-refractivity contribution is 5.95. The first-order valence-corrected chi connectivity index (χ1v) is 7.36. The summed E-state index contributed by atoms with van der Waals surface area (Å²) >= 11 is 0. The van der Waals surface area contributed by atoms with Crippen molar-refractivity contribution in [2.45, 2.75) is 12.5 Å². The zero-order valence-corrected chi connectivity index (χ0v) is 14.2. The number of nitrogens with one attached hydrogen (secondary N) is 2. The van der Waals surface area contributed by atoms with Crippen LogP contribution in [0.3, 0.4) is 0 Å². The molecular formula is C17H20N4O4. The van der Waals surface area contributed by atoms with Crippen LogP contribution in [0.15, 0.2) is 36.4 Å². The minimum atomic E-state index is -1.46. The third kappa shape index (κ3) is 3.79. The zero-order chi connectivity index (χ0) is 18.6. The van der Waals surface area contributed by atoms with E-state index in [0.717, 1.165) is 0 Å². The number of benzene rings is 1. The smallest absolute Gasteiger partial charge is 0.333 e. The summed E-state index contributed by atoms with van der Waals surface area (Å²) in [5.74, 6) is -0.652. The topological polar surface area (TPSA) is 131 Å². The van der Waals surface area contributed by atoms with E-state index in [9.17, 15) is 9.90 Å². The maximum absolute atomic E-state index is 12.0. The summed E-state index contributed by atoms with van der Waals surface area (Å²) in [6.07, 6.45) is 0. The number of hydrogen-bond donors (Lipinski definition) is 4. The molecule has 0 saturated heterocycles. The third-order valence-corrected chi connectivity index (χ3v) is 3.79. The molecular weight excluding hydrogens is 324 g/mol. The fraction of sp³-hybridized carbons (Fsp3) is 0.235. The van der Waals surface area contributed by atoms with E-state index in [4.69, 9.17) is 20.6 Å². The van der Waals surface area contributed by atoms with Gasteiger partial charge in [-0.2, -0.15) is 4.98 Å². The number of nitrogens with two attached hydrogens (primary N) is 1. The van der Waals surface area contributed by atoms with Gasteiger partial charge in [-0.3, -0.25) is 5.41 Å². The van der Waals surface area contributed by atoms with Crippen molar-refractivity contribution in [3.63, 3.8) is 0 Å². The van der Waals surface area contributed by atoms with Crippen LogP contribution in [0.25, 0.3) is 0 Å². The van der Waals surface area contributed by atoms with Crippen LogP contribution in [0.1, 0.15) is 18.1 Å². The fourth-order valence-electron chi connectivity index (χ4n) is 2.25. The molecule has 1 unspecified atom stereocenters. The summed E-state index contributed by atoms with van der Waals surface area (Å²) in [6, 6.07) is 9.67. The van der Waals surface area contributed by atoms with Crippen LogP contribution in [0, 0.1) is 5.41 Å². The first-order valence-electron chi connectivity index (χ1n) is 7.36. The summed E-state index contributed by atoms with van der Waals surface area (Å²) in [6.45, 7) is 1.53. The van der Waals surface area contributed by atoms with Crippen LogP contribution in [0.2, 0.25) is 0 Å². The Hall–Kier alpha value is -3.29. The normalized spacial score (nSPS) is 12.8. The highest BCUT2D eigenvalue weighted by Gasteiger charge is 2.36. The number of pyridine rings is 1. The predicted octanol–water partition coefficient (Wildman–Crippen LogP) is 1.79. The van der Waals surface area contributed by atoms with Crippen molar-refractivity contribution in [1.82, 2.24) is 4.98 Å². The summed E-state index contributed by atoms with van der Waals surface area (Å²) < 4.78 is 10.2. The Labute approximate surface area is 145 Å². The number of carbonyl (C=O) groups is 1. The molecule has 0 aliphatic carbocycles. The van der Waals surface area contributed by atoms with E-state index in [1.54, 1.807) is 24.3 Å². The Morgan fingerprint density at radius 1 is 1.20 bits per heavy atom. The predicted molar refractivity (Wildman–Crippen MR) is 93.4 cm³/mol. The molecule has 0 aliphatic heterocycles. The highest BCUT2D eigenvalue weighted by Crippen LogP contribution is 2.31. The second kappa shape index (κ2) is 7.08. The number of aromatic nitrogens is 1. The molecule has 1 heterocycles. The summed E-state index contributed by atoms with van der Waals surface area (Å²) in [5.41, 5.74) is 5.50. The van der Waals surface area contributed by atoms with Gasteiger partial charge in [0.25, 0.3) is 0 Å². The SMILES string of the molecule is COc1cc(C(C)(Nc2ccc(C(=N)N)cc2)C(=O)O)cc(OC)n1. The maximum Gasteiger partial charge on any atom is 0.333 e. The van der Waals surface area contributed by atoms with Gasteiger partial charge in [0.1, 0.15) is 5.84 Å². The maximum atomic E-state index is 12.0. The van der Waals surface area contributed by atoms with Gasteiger partial charge in [0, 0.05) is 23.4 Å². The van der Waals surface area contributed by atoms with Gasteiger partial charge in [-0.05, 0) is 36.8 Å². The summed E-state index contributed by atoms with van der Waals surface area (Å²) in [5, 5.41) is 20.2. The van der Waals surface area contributed by atoms with Crippen LogP contribution in [-0.2, 0) is 10.3 Å². The van der Waals surface area contributed by atoms with Crippen LogP contribution in [0.5, 0.6) is 11.8 Å². The van der Waals surface area contributed by atoms with Gasteiger partial charge in [-0.25, -0.2) is 4.79 Å². The first kappa shape index (κ1) is 18.1. The Kier molecular flexibility index (Phi) is 5.11. The van der Waals surface area contributed by atoms with Gasteiger partial charge < -0.3 is 25.6 Å². The lowest BCUT2D eigenvalue weighted by Gasteiger charge is -2.28. The summed E-state index contributed by atoms with van der Waals surface area (Å²) in [4.78, 5) is 16.1. The molecule has 2 rings (SSSR count). The molecule has 0 amide bonds. The van der Waals surface area contributed by atoms with Gasteiger partial charge >= 0.3 is 5.97 Å². The van der Waals surface area contributed by atoms with Crippen LogP contribution >= 0.6 is 0 Å². The third-order valence-electron chi connectivity index (χ3n) is 3.79. The van der Waals surface area contributed by atoms with E-state index < -0.39 is 11.5 Å². The number of rotatable bonds is 7. The number of anilines is 1. The molecule has 0 radical (unpaired) electrons. The first-order chi connectivity index (χ1) is 11.8. The molecule has 1 atom stereocenters. The number of methoxy groups -OCH3 is 2. The molecule has 25 heavy (non-hydrogen) atoms. The van der Waals surface area contributed by atoms with E-state index in [-0.39, 0.29) is 17.6 Å². The molecule has 1 aromatic heterocycles. The number of aliphatic carboxylic acids is 1. The number of amidine groups is 1. The Bertz CT molecular complexity index is 769. The lowest BCUT2D eigenvalue weighted by Crippen LogP contribution is -2.40. The van der Waals surface area contributed by atoms with E-state index >= 15 is 0 Å². The van der Waals surface area contributed by atoms with Crippen molar-refractivity contribution in [3.05, 3.63) is 47.5 Å². The number of carboxylic acid groups (broad SMARTS) is 1. The van der Waals surface area contributed by atoms with E-state index in [0.29, 0.717) is 16.8 Å². The quantitative estimate of drug-likeness (QED) is 0.445. The largest absolute Gasteiger partial charge is 0.481 e. The Morgan fingerprint density at radius 2 is 1.72 bits per heavy atom. The van der Waals surface area contributed by atoms with Crippen molar-refractivity contribution in [3.8, 4) is 11.8 Å². The molecule has 5 N–H and O–H groups in total. The molecule has 0 aliphatic rings. The molecule has 132 valence electrons. The van der Waals surface area contributed by atoms with Crippen LogP contribution in [-0.4, -0.2) is 36.1 Å². The lowest BCUT2D eigenvalue weighted by molar-refractivity contribution is -0.142. The molecule has 8 nitrogen and oxygen atoms in total. The minimum absolute atomic E-state index is 0.0591. The average Bonchev–Trinajstić information content (AvgIpc) is 2.61. The van der Waals surface area contributed by atoms with Gasteiger partial charge in [0.15, 0.2) is 5.54 Å². The van der Waals surface area contributed by atoms with Crippen LogP contribution in [0.4, 0.5) is 5.69 Å². The molecule has 1 aromatic carbocycles. The number of carboxylic acids is 1. The Morgan fingerprint density at radius 3 is 2.12 bits per heavy atom. The molecule has 0 spiro atoms. The highest BCUT2D eigenvalue weighted by atomic mass is 16.5. The van der Waals surface area contributed by atoms with Gasteiger partial charge in [-0.1, -0.05) is 0 Å². The average molecular weight is 344 g/mol. The van der Waals surface area contributed by atoms with Crippen molar-refractivity contribution in [2.24, 2.45) is 5.73 Å². The van der Waals surface area contributed by atoms with Crippen molar-refractivity contribution in [1.29, 1.82) is 5.41 Å². The van der Waals surface area contributed by atoms with E-state index in [1.165, 1.54) is 33.3 Å². The monoisotopic (exact) mass is 344 g/mol. The lowest BCUT2D eigenvalue weighted by atomic mass is 9.92. The van der Waals surface area contributed by atoms with Gasteiger partial charge in [-0.15, -0.1) is 0 Å². The number of nitrogens with zero attached hydrogens (tertiary/aromatic N) is 1. The van der Waals surface area contributed by atoms with Crippen molar-refractivity contribution in [2.75, 3.05) is 19.5 Å².